The van der Waals surface area contributed by atoms with Gasteiger partial charge in [0.15, 0.2) is 0 Å². The summed E-state index contributed by atoms with van der Waals surface area (Å²) in [7, 11) is 0. The minimum absolute atomic E-state index is 0.157. The van der Waals surface area contributed by atoms with Gasteiger partial charge in [0.1, 0.15) is 0 Å². The van der Waals surface area contributed by atoms with Gasteiger partial charge in [0.05, 0.1) is 12.1 Å². The van der Waals surface area contributed by atoms with Gasteiger partial charge in [0.2, 0.25) is 5.91 Å². The minimum Gasteiger partial charge on any atom is -0.390 e. The van der Waals surface area contributed by atoms with Crippen molar-refractivity contribution < 1.29 is 14.7 Å². The Bertz CT molecular complexity index is 516. The van der Waals surface area contributed by atoms with Crippen molar-refractivity contribution in [2.24, 2.45) is 0 Å². The molecule has 1 aromatic rings. The standard InChI is InChI=1S/C16H23N3O3/c1-11-2-4-12(5-3-11)16(22)18-9-7-15(21)19-13-6-8-17-10-14(13)20/h2-5,13-14,17,20H,6-10H2,1H3,(H,18,22)(H,19,21)/t13-,14-/m1/s1. The van der Waals surface area contributed by atoms with E-state index >= 15 is 0 Å². The van der Waals surface area contributed by atoms with Crippen molar-refractivity contribution in [3.05, 3.63) is 35.4 Å². The molecule has 22 heavy (non-hydrogen) atoms. The molecule has 4 N–H and O–H groups in total. The number of β-amino-alcohol motifs (C(OH)–C–C–N with tert-alkyl or cyclic N) is 1. The molecule has 0 saturated carbocycles. The van der Waals surface area contributed by atoms with Gasteiger partial charge in [-0.3, -0.25) is 9.59 Å². The van der Waals surface area contributed by atoms with E-state index in [4.69, 9.17) is 0 Å². The number of hydrogen-bond acceptors (Lipinski definition) is 4. The molecular formula is C16H23N3O3. The number of aliphatic hydroxyl groups excluding tert-OH is 1. The SMILES string of the molecule is Cc1ccc(C(=O)NCCC(=O)N[C@@H]2CCNC[C@H]2O)cc1. The van der Waals surface area contributed by atoms with Crippen LogP contribution in [0.4, 0.5) is 0 Å². The van der Waals surface area contributed by atoms with Crippen molar-refractivity contribution >= 4 is 11.8 Å². The first kappa shape index (κ1) is 16.5. The highest BCUT2D eigenvalue weighted by Gasteiger charge is 2.23. The van der Waals surface area contributed by atoms with Gasteiger partial charge in [-0.25, -0.2) is 0 Å². The van der Waals surface area contributed by atoms with E-state index in [1.807, 2.05) is 19.1 Å². The van der Waals surface area contributed by atoms with Crippen LogP contribution in [0.3, 0.4) is 0 Å². The number of aryl methyl sites for hydroxylation is 1. The summed E-state index contributed by atoms with van der Waals surface area (Å²) in [5.74, 6) is -0.343. The van der Waals surface area contributed by atoms with Crippen LogP contribution in [0.15, 0.2) is 24.3 Å². The lowest BCUT2D eigenvalue weighted by Gasteiger charge is -2.29. The summed E-state index contributed by atoms with van der Waals surface area (Å²) >= 11 is 0. The van der Waals surface area contributed by atoms with Crippen LogP contribution in [0, 0.1) is 6.92 Å². The number of carbonyl (C=O) groups excluding carboxylic acids is 2. The molecular weight excluding hydrogens is 282 g/mol. The maximum atomic E-state index is 11.9. The summed E-state index contributed by atoms with van der Waals surface area (Å²) in [4.78, 5) is 23.7. The molecule has 0 aromatic heterocycles. The van der Waals surface area contributed by atoms with E-state index in [2.05, 4.69) is 16.0 Å². The fourth-order valence-corrected chi connectivity index (χ4v) is 2.39. The Balaban J connectivity index is 1.70. The molecule has 0 aliphatic carbocycles. The second kappa shape index (κ2) is 7.91. The summed E-state index contributed by atoms with van der Waals surface area (Å²) in [5, 5.41) is 18.3. The van der Waals surface area contributed by atoms with Gasteiger partial charge in [0, 0.05) is 25.1 Å². The predicted molar refractivity (Wildman–Crippen MR) is 83.6 cm³/mol. The van der Waals surface area contributed by atoms with Crippen LogP contribution in [0.5, 0.6) is 0 Å². The molecule has 1 aliphatic rings. The van der Waals surface area contributed by atoms with Crippen LogP contribution < -0.4 is 16.0 Å². The molecule has 2 rings (SSSR count). The monoisotopic (exact) mass is 305 g/mol. The highest BCUT2D eigenvalue weighted by molar-refractivity contribution is 5.94. The van der Waals surface area contributed by atoms with Crippen molar-refractivity contribution in [3.63, 3.8) is 0 Å². The Morgan fingerprint density at radius 3 is 2.73 bits per heavy atom. The number of aliphatic hydroxyl groups is 1. The van der Waals surface area contributed by atoms with Crippen LogP contribution in [-0.4, -0.2) is 48.7 Å². The van der Waals surface area contributed by atoms with E-state index in [0.717, 1.165) is 12.1 Å². The van der Waals surface area contributed by atoms with E-state index in [1.165, 1.54) is 0 Å². The molecule has 1 aliphatic heterocycles. The quantitative estimate of drug-likeness (QED) is 0.614. The zero-order chi connectivity index (χ0) is 15.9. The lowest BCUT2D eigenvalue weighted by molar-refractivity contribution is -0.122. The van der Waals surface area contributed by atoms with Gasteiger partial charge in [-0.15, -0.1) is 0 Å². The van der Waals surface area contributed by atoms with E-state index in [9.17, 15) is 14.7 Å². The van der Waals surface area contributed by atoms with Crippen LogP contribution in [0.2, 0.25) is 0 Å². The summed E-state index contributed by atoms with van der Waals surface area (Å²) < 4.78 is 0. The molecule has 0 bridgehead atoms. The van der Waals surface area contributed by atoms with Crippen molar-refractivity contribution in [2.75, 3.05) is 19.6 Å². The van der Waals surface area contributed by atoms with E-state index in [-0.39, 0.29) is 30.8 Å². The first-order chi connectivity index (χ1) is 10.6. The van der Waals surface area contributed by atoms with Gasteiger partial charge < -0.3 is 21.1 Å². The summed E-state index contributed by atoms with van der Waals surface area (Å²) in [6.07, 6.45) is 0.358. The molecule has 2 amide bonds. The zero-order valence-corrected chi connectivity index (χ0v) is 12.8. The molecule has 6 heteroatoms. The van der Waals surface area contributed by atoms with E-state index < -0.39 is 6.10 Å². The Kier molecular flexibility index (Phi) is 5.91. The summed E-state index contributed by atoms with van der Waals surface area (Å²) in [6, 6.07) is 7.06. The molecule has 1 heterocycles. The van der Waals surface area contributed by atoms with Gasteiger partial charge in [-0.1, -0.05) is 17.7 Å². The van der Waals surface area contributed by atoms with Crippen LogP contribution >= 0.6 is 0 Å². The molecule has 1 fully saturated rings. The second-order valence-electron chi connectivity index (χ2n) is 5.61. The molecule has 1 saturated heterocycles. The molecule has 6 nitrogen and oxygen atoms in total. The minimum atomic E-state index is -0.556. The molecule has 1 aromatic carbocycles. The highest BCUT2D eigenvalue weighted by Crippen LogP contribution is 2.04. The van der Waals surface area contributed by atoms with Gasteiger partial charge >= 0.3 is 0 Å². The largest absolute Gasteiger partial charge is 0.390 e. The Morgan fingerprint density at radius 2 is 2.05 bits per heavy atom. The fourth-order valence-electron chi connectivity index (χ4n) is 2.39. The molecule has 0 radical (unpaired) electrons. The predicted octanol–water partition coefficient (Wildman–Crippen LogP) is -0.0461. The van der Waals surface area contributed by atoms with Crippen molar-refractivity contribution in [1.82, 2.24) is 16.0 Å². The van der Waals surface area contributed by atoms with Gasteiger partial charge in [-0.05, 0) is 32.0 Å². The number of nitrogens with one attached hydrogen (secondary N) is 3. The lowest BCUT2D eigenvalue weighted by Crippen LogP contribution is -2.52. The molecule has 0 unspecified atom stereocenters. The smallest absolute Gasteiger partial charge is 0.251 e. The lowest BCUT2D eigenvalue weighted by atomic mass is 10.0. The van der Waals surface area contributed by atoms with Crippen LogP contribution in [0.25, 0.3) is 0 Å². The second-order valence-corrected chi connectivity index (χ2v) is 5.61. The third kappa shape index (κ3) is 4.82. The Morgan fingerprint density at radius 1 is 1.32 bits per heavy atom. The van der Waals surface area contributed by atoms with Crippen molar-refractivity contribution in [3.8, 4) is 0 Å². The average Bonchev–Trinajstić information content (AvgIpc) is 2.50. The maximum Gasteiger partial charge on any atom is 0.251 e. The highest BCUT2D eigenvalue weighted by atomic mass is 16.3. The number of rotatable bonds is 5. The maximum absolute atomic E-state index is 11.9. The van der Waals surface area contributed by atoms with Gasteiger partial charge in [-0.2, -0.15) is 0 Å². The van der Waals surface area contributed by atoms with E-state index in [0.29, 0.717) is 18.5 Å². The number of piperidine rings is 1. The van der Waals surface area contributed by atoms with Crippen molar-refractivity contribution in [1.29, 1.82) is 0 Å². The van der Waals surface area contributed by atoms with Crippen molar-refractivity contribution in [2.45, 2.75) is 31.9 Å². The first-order valence-electron chi connectivity index (χ1n) is 7.59. The molecule has 2 atom stereocenters. The Labute approximate surface area is 130 Å². The van der Waals surface area contributed by atoms with Gasteiger partial charge in [0.25, 0.3) is 5.91 Å². The normalized spacial score (nSPS) is 21.2. The van der Waals surface area contributed by atoms with Crippen LogP contribution in [-0.2, 0) is 4.79 Å². The third-order valence-corrected chi connectivity index (χ3v) is 3.75. The van der Waals surface area contributed by atoms with E-state index in [1.54, 1.807) is 12.1 Å². The fraction of sp³-hybridized carbons (Fsp3) is 0.500. The number of amides is 2. The average molecular weight is 305 g/mol. The molecule has 0 spiro atoms. The number of hydrogen-bond donors (Lipinski definition) is 4. The summed E-state index contributed by atoms with van der Waals surface area (Å²) in [6.45, 7) is 3.52. The number of carbonyl (C=O) groups is 2. The molecule has 120 valence electrons. The zero-order valence-electron chi connectivity index (χ0n) is 12.8. The third-order valence-electron chi connectivity index (χ3n) is 3.75. The van der Waals surface area contributed by atoms with Crippen LogP contribution in [0.1, 0.15) is 28.8 Å². The Hall–Kier alpha value is -1.92. The first-order valence-corrected chi connectivity index (χ1v) is 7.59. The summed E-state index contributed by atoms with van der Waals surface area (Å²) in [5.41, 5.74) is 1.68. The topological polar surface area (TPSA) is 90.5 Å². The number of benzene rings is 1.